The average Bonchev–Trinajstić information content (AvgIpc) is 3.39. The fourth-order valence-corrected chi connectivity index (χ4v) is 2.90. The Morgan fingerprint density at radius 3 is 2.41 bits per heavy atom. The molecule has 27 heavy (non-hydrogen) atoms. The van der Waals surface area contributed by atoms with Crippen LogP contribution in [0.2, 0.25) is 0 Å². The van der Waals surface area contributed by atoms with E-state index >= 15 is 0 Å². The molecule has 0 aromatic heterocycles. The van der Waals surface area contributed by atoms with Gasteiger partial charge in [-0.15, -0.1) is 0 Å². The van der Waals surface area contributed by atoms with Crippen LogP contribution in [-0.2, 0) is 9.53 Å². The third-order valence-electron chi connectivity index (χ3n) is 4.69. The minimum Gasteiger partial charge on any atom is -0.454 e. The predicted octanol–water partition coefficient (Wildman–Crippen LogP) is 4.11. The quantitative estimate of drug-likeness (QED) is 0.470. The number of ether oxygens (including phenoxy) is 1. The number of nitro groups is 1. The Labute approximate surface area is 156 Å². The van der Waals surface area contributed by atoms with Gasteiger partial charge in [0.05, 0.1) is 16.1 Å². The van der Waals surface area contributed by atoms with Crippen molar-refractivity contribution in [2.75, 3.05) is 5.32 Å². The van der Waals surface area contributed by atoms with Gasteiger partial charge in [-0.25, -0.2) is 4.79 Å². The van der Waals surface area contributed by atoms with Crippen LogP contribution in [0.5, 0.6) is 0 Å². The van der Waals surface area contributed by atoms with Crippen molar-refractivity contribution >= 4 is 23.3 Å². The van der Waals surface area contributed by atoms with Gasteiger partial charge in [0.2, 0.25) is 5.91 Å². The number of hydrogen-bond acceptors (Lipinski definition) is 5. The summed E-state index contributed by atoms with van der Waals surface area (Å²) in [6, 6.07) is 12.5. The molecule has 1 fully saturated rings. The molecule has 0 heterocycles. The smallest absolute Gasteiger partial charge is 0.338 e. The highest BCUT2D eigenvalue weighted by Gasteiger charge is 2.39. The molecule has 1 saturated carbocycles. The van der Waals surface area contributed by atoms with E-state index in [1.807, 2.05) is 6.92 Å². The number of rotatable bonds is 6. The number of carbonyl (C=O) groups is 2. The Morgan fingerprint density at radius 1 is 1.19 bits per heavy atom. The first kappa shape index (κ1) is 18.6. The zero-order valence-corrected chi connectivity index (χ0v) is 15.0. The van der Waals surface area contributed by atoms with E-state index < -0.39 is 17.0 Å². The molecule has 3 atom stereocenters. The number of amides is 1. The molecule has 3 unspecified atom stereocenters. The second-order valence-corrected chi connectivity index (χ2v) is 6.75. The summed E-state index contributed by atoms with van der Waals surface area (Å²) < 4.78 is 5.37. The zero-order valence-electron chi connectivity index (χ0n) is 15.0. The van der Waals surface area contributed by atoms with Crippen LogP contribution in [0.15, 0.2) is 48.5 Å². The topological polar surface area (TPSA) is 98.5 Å². The van der Waals surface area contributed by atoms with Gasteiger partial charge < -0.3 is 10.1 Å². The lowest BCUT2D eigenvalue weighted by atomic mass is 10.1. The van der Waals surface area contributed by atoms with Crippen molar-refractivity contribution in [3.63, 3.8) is 0 Å². The molecule has 1 amide bonds. The minimum atomic E-state index is -0.769. The number of nitrogens with one attached hydrogen (secondary N) is 1. The number of esters is 1. The van der Waals surface area contributed by atoms with Crippen molar-refractivity contribution in [3.05, 3.63) is 69.8 Å². The van der Waals surface area contributed by atoms with Gasteiger partial charge in [0.25, 0.3) is 5.69 Å². The SMILES string of the molecule is CC(OC(=O)c1ccc(NC(=O)C2CC2C)cc1)c1ccccc1[N+](=O)[O-]. The third kappa shape index (κ3) is 4.31. The molecule has 1 N–H and O–H groups in total. The molecule has 0 aliphatic heterocycles. The molecule has 0 saturated heterocycles. The first-order chi connectivity index (χ1) is 12.9. The molecule has 2 aromatic carbocycles. The Kier molecular flexibility index (Phi) is 5.21. The lowest BCUT2D eigenvalue weighted by Gasteiger charge is -2.14. The van der Waals surface area contributed by atoms with Crippen LogP contribution >= 0.6 is 0 Å². The number of carbonyl (C=O) groups excluding carboxylic acids is 2. The van der Waals surface area contributed by atoms with Gasteiger partial charge in [0.15, 0.2) is 0 Å². The normalized spacial score (nSPS) is 19.0. The van der Waals surface area contributed by atoms with Crippen molar-refractivity contribution in [1.29, 1.82) is 0 Å². The van der Waals surface area contributed by atoms with Crippen LogP contribution in [0.4, 0.5) is 11.4 Å². The van der Waals surface area contributed by atoms with Gasteiger partial charge in [-0.1, -0.05) is 19.1 Å². The predicted molar refractivity (Wildman–Crippen MR) is 99.3 cm³/mol. The summed E-state index contributed by atoms with van der Waals surface area (Å²) in [5.41, 5.74) is 1.16. The monoisotopic (exact) mass is 368 g/mol. The molecule has 0 bridgehead atoms. The van der Waals surface area contributed by atoms with Gasteiger partial charge >= 0.3 is 5.97 Å². The fourth-order valence-electron chi connectivity index (χ4n) is 2.90. The van der Waals surface area contributed by atoms with E-state index in [1.165, 1.54) is 6.07 Å². The van der Waals surface area contributed by atoms with E-state index in [-0.39, 0.29) is 17.5 Å². The summed E-state index contributed by atoms with van der Waals surface area (Å²) >= 11 is 0. The largest absolute Gasteiger partial charge is 0.454 e. The van der Waals surface area contributed by atoms with Gasteiger partial charge in [0.1, 0.15) is 6.10 Å². The van der Waals surface area contributed by atoms with Crippen molar-refractivity contribution in [1.82, 2.24) is 0 Å². The van der Waals surface area contributed by atoms with Gasteiger partial charge in [-0.3, -0.25) is 14.9 Å². The van der Waals surface area contributed by atoms with E-state index in [2.05, 4.69) is 5.32 Å². The summed E-state index contributed by atoms with van der Waals surface area (Å²) in [6.07, 6.45) is 0.134. The van der Waals surface area contributed by atoms with E-state index in [4.69, 9.17) is 4.74 Å². The fraction of sp³-hybridized carbons (Fsp3) is 0.300. The van der Waals surface area contributed by atoms with Crippen LogP contribution in [-0.4, -0.2) is 16.8 Å². The summed E-state index contributed by atoms with van der Waals surface area (Å²) in [4.78, 5) is 34.9. The summed E-state index contributed by atoms with van der Waals surface area (Å²) in [5, 5.41) is 13.9. The number of nitro benzene ring substituents is 1. The van der Waals surface area contributed by atoms with Crippen LogP contribution in [0.25, 0.3) is 0 Å². The van der Waals surface area contributed by atoms with Crippen LogP contribution in [0.1, 0.15) is 42.3 Å². The molecule has 7 nitrogen and oxygen atoms in total. The minimum absolute atomic E-state index is 0.0113. The summed E-state index contributed by atoms with van der Waals surface area (Å²) in [6.45, 7) is 3.62. The van der Waals surface area contributed by atoms with Crippen molar-refractivity contribution < 1.29 is 19.2 Å². The second-order valence-electron chi connectivity index (χ2n) is 6.75. The van der Waals surface area contributed by atoms with Gasteiger partial charge in [-0.05, 0) is 49.6 Å². The highest BCUT2D eigenvalue weighted by molar-refractivity contribution is 5.95. The zero-order chi connectivity index (χ0) is 19.6. The molecule has 3 rings (SSSR count). The first-order valence-electron chi connectivity index (χ1n) is 8.72. The number of benzene rings is 2. The second kappa shape index (κ2) is 7.57. The third-order valence-corrected chi connectivity index (χ3v) is 4.69. The molecule has 7 heteroatoms. The molecule has 2 aromatic rings. The Bertz CT molecular complexity index is 878. The van der Waals surface area contributed by atoms with Crippen molar-refractivity contribution in [3.8, 4) is 0 Å². The molecule has 1 aliphatic rings. The van der Waals surface area contributed by atoms with E-state index in [9.17, 15) is 19.7 Å². The molecule has 1 aliphatic carbocycles. The first-order valence-corrected chi connectivity index (χ1v) is 8.72. The molecule has 0 spiro atoms. The van der Waals surface area contributed by atoms with Gasteiger partial charge in [0, 0.05) is 17.7 Å². The molecule has 0 radical (unpaired) electrons. The van der Waals surface area contributed by atoms with E-state index in [0.717, 1.165) is 6.42 Å². The highest BCUT2D eigenvalue weighted by atomic mass is 16.6. The standard InChI is InChI=1S/C20H20N2O5/c1-12-11-17(12)19(23)21-15-9-7-14(8-10-15)20(24)27-13(2)16-5-3-4-6-18(16)22(25)26/h3-10,12-13,17H,11H2,1-2H3,(H,21,23). The number of anilines is 1. The van der Waals surface area contributed by atoms with Crippen molar-refractivity contribution in [2.45, 2.75) is 26.4 Å². The molecular formula is C20H20N2O5. The maximum Gasteiger partial charge on any atom is 0.338 e. The van der Waals surface area contributed by atoms with E-state index in [0.29, 0.717) is 22.7 Å². The number of para-hydroxylation sites is 1. The average molecular weight is 368 g/mol. The maximum absolute atomic E-state index is 12.3. The molecular weight excluding hydrogens is 348 g/mol. The van der Waals surface area contributed by atoms with Crippen LogP contribution < -0.4 is 5.32 Å². The van der Waals surface area contributed by atoms with Crippen LogP contribution in [0, 0.1) is 22.0 Å². The number of nitrogens with zero attached hydrogens (tertiary/aromatic N) is 1. The van der Waals surface area contributed by atoms with Crippen LogP contribution in [0.3, 0.4) is 0 Å². The summed E-state index contributed by atoms with van der Waals surface area (Å²) in [7, 11) is 0. The van der Waals surface area contributed by atoms with Gasteiger partial charge in [-0.2, -0.15) is 0 Å². The number of hydrogen-bond donors (Lipinski definition) is 1. The Hall–Kier alpha value is -3.22. The highest BCUT2D eigenvalue weighted by Crippen LogP contribution is 2.38. The lowest BCUT2D eigenvalue weighted by molar-refractivity contribution is -0.386. The van der Waals surface area contributed by atoms with Crippen molar-refractivity contribution in [2.24, 2.45) is 11.8 Å². The maximum atomic E-state index is 12.3. The summed E-state index contributed by atoms with van der Waals surface area (Å²) in [5.74, 6) is -0.114. The van der Waals surface area contributed by atoms with E-state index in [1.54, 1.807) is 49.4 Å². The Balaban J connectivity index is 1.64. The lowest BCUT2D eigenvalue weighted by Crippen LogP contribution is -2.14. The molecule has 140 valence electrons. The Morgan fingerprint density at radius 2 is 1.81 bits per heavy atom.